The fourth-order valence-corrected chi connectivity index (χ4v) is 0.839. The van der Waals surface area contributed by atoms with Crippen LogP contribution in [-0.2, 0) is 0 Å². The van der Waals surface area contributed by atoms with Crippen LogP contribution in [0, 0.1) is 11.3 Å². The summed E-state index contributed by atoms with van der Waals surface area (Å²) in [5, 5.41) is 8.15. The van der Waals surface area contributed by atoms with Gasteiger partial charge < -0.3 is 0 Å². The molecule has 2 heteroatoms. The molecule has 0 aromatic heterocycles. The van der Waals surface area contributed by atoms with E-state index in [0.29, 0.717) is 6.42 Å². The number of allylic oxidation sites excluding steroid dienone is 2. The molecule has 0 radical (unpaired) electrons. The first-order valence-electron chi connectivity index (χ1n) is 2.99. The molecule has 0 saturated heterocycles. The van der Waals surface area contributed by atoms with Crippen LogP contribution in [0.1, 0.15) is 19.3 Å². The number of nitriles is 1. The highest BCUT2D eigenvalue weighted by molar-refractivity contribution is 14.1. The maximum absolute atomic E-state index is 8.15. The molecule has 0 aromatic rings. The second-order valence-electron chi connectivity index (χ2n) is 1.68. The van der Waals surface area contributed by atoms with Crippen LogP contribution in [-0.4, -0.2) is 4.43 Å². The monoisotopic (exact) mass is 235 g/mol. The number of alkyl halides is 1. The fraction of sp³-hybridized carbons (Fsp3) is 0.571. The van der Waals surface area contributed by atoms with Gasteiger partial charge in [-0.25, -0.2) is 0 Å². The quantitative estimate of drug-likeness (QED) is 0.318. The number of halogens is 1. The van der Waals surface area contributed by atoms with Crippen molar-refractivity contribution in [3.8, 4) is 6.07 Å². The Morgan fingerprint density at radius 3 is 2.78 bits per heavy atom. The van der Waals surface area contributed by atoms with Crippen LogP contribution >= 0.6 is 22.6 Å². The molecule has 0 amide bonds. The van der Waals surface area contributed by atoms with Crippen LogP contribution in [0.25, 0.3) is 0 Å². The van der Waals surface area contributed by atoms with Crippen LogP contribution in [0.4, 0.5) is 0 Å². The second-order valence-corrected chi connectivity index (χ2v) is 2.56. The Balaban J connectivity index is 2.92. The predicted molar refractivity (Wildman–Crippen MR) is 47.5 cm³/mol. The summed E-state index contributed by atoms with van der Waals surface area (Å²) < 4.78 is 1.07. The number of hydrogen-bond donors (Lipinski definition) is 0. The van der Waals surface area contributed by atoms with Crippen molar-refractivity contribution >= 4 is 22.6 Å². The summed E-state index contributed by atoms with van der Waals surface area (Å²) in [7, 11) is 0. The van der Waals surface area contributed by atoms with Gasteiger partial charge in [0.15, 0.2) is 0 Å². The topological polar surface area (TPSA) is 23.8 Å². The van der Waals surface area contributed by atoms with E-state index < -0.39 is 0 Å². The standard InChI is InChI=1S/C7H10IN/c8-6-4-2-1-3-5-7-9/h2,4H,1,3,5-6H2/b4-2-. The molecule has 0 bridgehead atoms. The van der Waals surface area contributed by atoms with E-state index in [-0.39, 0.29) is 0 Å². The van der Waals surface area contributed by atoms with Gasteiger partial charge >= 0.3 is 0 Å². The predicted octanol–water partition coefficient (Wildman–Crippen LogP) is 2.67. The number of nitrogens with zero attached hydrogens (tertiary/aromatic N) is 1. The number of hydrogen-bond acceptors (Lipinski definition) is 1. The molecule has 0 saturated carbocycles. The van der Waals surface area contributed by atoms with Gasteiger partial charge in [-0.2, -0.15) is 5.26 Å². The number of rotatable bonds is 4. The maximum Gasteiger partial charge on any atom is 0.0621 e. The van der Waals surface area contributed by atoms with E-state index in [1.807, 2.05) is 0 Å². The highest BCUT2D eigenvalue weighted by Crippen LogP contribution is 1.95. The average Bonchev–Trinajstić information content (AvgIpc) is 1.89. The van der Waals surface area contributed by atoms with Crippen LogP contribution in [0.2, 0.25) is 0 Å². The average molecular weight is 235 g/mol. The van der Waals surface area contributed by atoms with Gasteiger partial charge in [0.05, 0.1) is 6.07 Å². The Labute approximate surface area is 69.9 Å². The molecule has 0 aliphatic rings. The fourth-order valence-electron chi connectivity index (χ4n) is 0.480. The van der Waals surface area contributed by atoms with Crippen molar-refractivity contribution in [1.29, 1.82) is 5.26 Å². The Morgan fingerprint density at radius 2 is 2.22 bits per heavy atom. The van der Waals surface area contributed by atoms with E-state index in [9.17, 15) is 0 Å². The zero-order valence-corrected chi connectivity index (χ0v) is 7.47. The third-order valence-corrected chi connectivity index (χ3v) is 1.42. The molecule has 0 rings (SSSR count). The Bertz CT molecular complexity index is 113. The van der Waals surface area contributed by atoms with Gasteiger partial charge in [-0.1, -0.05) is 34.7 Å². The molecule has 0 fully saturated rings. The summed E-state index contributed by atoms with van der Waals surface area (Å²) in [6.07, 6.45) is 6.99. The maximum atomic E-state index is 8.15. The van der Waals surface area contributed by atoms with Gasteiger partial charge in [-0.05, 0) is 12.8 Å². The minimum atomic E-state index is 0.686. The van der Waals surface area contributed by atoms with Crippen molar-refractivity contribution in [3.05, 3.63) is 12.2 Å². The molecular weight excluding hydrogens is 225 g/mol. The van der Waals surface area contributed by atoms with E-state index in [1.54, 1.807) is 0 Å². The van der Waals surface area contributed by atoms with Gasteiger partial charge in [0.1, 0.15) is 0 Å². The molecule has 0 aromatic carbocycles. The van der Waals surface area contributed by atoms with Crippen molar-refractivity contribution in [2.24, 2.45) is 0 Å². The minimum Gasteiger partial charge on any atom is -0.198 e. The summed E-state index contributed by atoms with van der Waals surface area (Å²) in [5.74, 6) is 0. The zero-order valence-electron chi connectivity index (χ0n) is 5.31. The molecule has 1 nitrogen and oxygen atoms in total. The van der Waals surface area contributed by atoms with Gasteiger partial charge in [-0.3, -0.25) is 0 Å². The molecule has 9 heavy (non-hydrogen) atoms. The summed E-state index contributed by atoms with van der Waals surface area (Å²) >= 11 is 2.30. The van der Waals surface area contributed by atoms with E-state index in [0.717, 1.165) is 17.3 Å². The Kier molecular flexibility index (Phi) is 7.92. The molecule has 0 spiro atoms. The highest BCUT2D eigenvalue weighted by Gasteiger charge is 1.79. The summed E-state index contributed by atoms with van der Waals surface area (Å²) in [5.41, 5.74) is 0. The van der Waals surface area contributed by atoms with Crippen molar-refractivity contribution in [2.75, 3.05) is 4.43 Å². The lowest BCUT2D eigenvalue weighted by Crippen LogP contribution is -1.68. The summed E-state index contributed by atoms with van der Waals surface area (Å²) in [6, 6.07) is 2.11. The van der Waals surface area contributed by atoms with E-state index >= 15 is 0 Å². The van der Waals surface area contributed by atoms with Gasteiger partial charge in [0.25, 0.3) is 0 Å². The first-order valence-corrected chi connectivity index (χ1v) is 4.52. The highest BCUT2D eigenvalue weighted by atomic mass is 127. The summed E-state index contributed by atoms with van der Waals surface area (Å²) in [6.45, 7) is 0. The molecule has 0 heterocycles. The third kappa shape index (κ3) is 7.96. The largest absolute Gasteiger partial charge is 0.198 e. The molecule has 0 aliphatic carbocycles. The van der Waals surface area contributed by atoms with E-state index in [4.69, 9.17) is 5.26 Å². The lowest BCUT2D eigenvalue weighted by atomic mass is 10.2. The van der Waals surface area contributed by atoms with Crippen molar-refractivity contribution in [3.63, 3.8) is 0 Å². The van der Waals surface area contributed by atoms with Crippen molar-refractivity contribution < 1.29 is 0 Å². The third-order valence-electron chi connectivity index (χ3n) is 0.915. The Morgan fingerprint density at radius 1 is 1.44 bits per heavy atom. The van der Waals surface area contributed by atoms with Gasteiger partial charge in [0.2, 0.25) is 0 Å². The van der Waals surface area contributed by atoms with Crippen LogP contribution < -0.4 is 0 Å². The lowest BCUT2D eigenvalue weighted by molar-refractivity contribution is 0.876. The lowest BCUT2D eigenvalue weighted by Gasteiger charge is -1.83. The second kappa shape index (κ2) is 7.96. The molecule has 0 unspecified atom stereocenters. The van der Waals surface area contributed by atoms with Gasteiger partial charge in [-0.15, -0.1) is 0 Å². The van der Waals surface area contributed by atoms with Crippen LogP contribution in [0.5, 0.6) is 0 Å². The molecular formula is C7H10IN. The molecule has 50 valence electrons. The normalized spacial score (nSPS) is 9.78. The zero-order chi connectivity index (χ0) is 6.95. The first-order chi connectivity index (χ1) is 4.41. The smallest absolute Gasteiger partial charge is 0.0621 e. The van der Waals surface area contributed by atoms with Gasteiger partial charge in [0, 0.05) is 10.8 Å². The minimum absolute atomic E-state index is 0.686. The molecule has 0 aliphatic heterocycles. The number of unbranched alkanes of at least 4 members (excludes halogenated alkanes) is 2. The van der Waals surface area contributed by atoms with Crippen molar-refractivity contribution in [2.45, 2.75) is 19.3 Å². The van der Waals surface area contributed by atoms with E-state index in [1.165, 1.54) is 0 Å². The van der Waals surface area contributed by atoms with E-state index in [2.05, 4.69) is 40.8 Å². The summed E-state index contributed by atoms with van der Waals surface area (Å²) in [4.78, 5) is 0. The SMILES string of the molecule is N#CCCC/C=C\CI. The van der Waals surface area contributed by atoms with Crippen molar-refractivity contribution in [1.82, 2.24) is 0 Å². The Hall–Kier alpha value is -0.0400. The van der Waals surface area contributed by atoms with Crippen LogP contribution in [0.15, 0.2) is 12.2 Å². The van der Waals surface area contributed by atoms with Crippen LogP contribution in [0.3, 0.4) is 0 Å². The molecule has 0 N–H and O–H groups in total. The first kappa shape index (κ1) is 8.96. The molecule has 0 atom stereocenters.